The molecule has 0 radical (unpaired) electrons. The second kappa shape index (κ2) is 7.17. The monoisotopic (exact) mass is 265 g/mol. The van der Waals surface area contributed by atoms with Gasteiger partial charge in [0.1, 0.15) is 0 Å². The van der Waals surface area contributed by atoms with Crippen molar-refractivity contribution in [2.24, 2.45) is 0 Å². The van der Waals surface area contributed by atoms with Crippen LogP contribution >= 0.6 is 11.8 Å². The van der Waals surface area contributed by atoms with Crippen LogP contribution in [0.25, 0.3) is 0 Å². The van der Waals surface area contributed by atoms with Crippen LogP contribution in [0.3, 0.4) is 0 Å². The van der Waals surface area contributed by atoms with Crippen molar-refractivity contribution in [2.75, 3.05) is 26.3 Å². The third-order valence-electron chi connectivity index (χ3n) is 3.12. The average molecular weight is 265 g/mol. The highest BCUT2D eigenvalue weighted by Gasteiger charge is 2.10. The van der Waals surface area contributed by atoms with Gasteiger partial charge in [-0.3, -0.25) is 4.90 Å². The number of nitrogens with zero attached hydrogens (tertiary/aromatic N) is 1. The summed E-state index contributed by atoms with van der Waals surface area (Å²) in [6, 6.07) is 9.08. The van der Waals surface area contributed by atoms with Crippen LogP contribution in [0.4, 0.5) is 0 Å². The van der Waals surface area contributed by atoms with E-state index in [-0.39, 0.29) is 0 Å². The fourth-order valence-corrected chi connectivity index (χ4v) is 2.74. The van der Waals surface area contributed by atoms with Crippen molar-refractivity contribution in [1.82, 2.24) is 4.90 Å². The summed E-state index contributed by atoms with van der Waals surface area (Å²) in [4.78, 5) is 2.46. The van der Waals surface area contributed by atoms with Crippen LogP contribution in [0.1, 0.15) is 25.0 Å². The molecule has 0 aliphatic carbocycles. The summed E-state index contributed by atoms with van der Waals surface area (Å²) < 4.78 is 5.37. The Morgan fingerprint density at radius 3 is 2.33 bits per heavy atom. The molecule has 0 bridgehead atoms. The first-order valence-electron chi connectivity index (χ1n) is 6.73. The maximum atomic E-state index is 5.37. The summed E-state index contributed by atoms with van der Waals surface area (Å²) in [7, 11) is 0. The minimum atomic E-state index is 0.707. The number of ether oxygens (including phenoxy) is 1. The topological polar surface area (TPSA) is 12.5 Å². The molecule has 0 N–H and O–H groups in total. The molecule has 3 heteroatoms. The van der Waals surface area contributed by atoms with Crippen LogP contribution in [0.2, 0.25) is 0 Å². The Bertz CT molecular complexity index is 344. The fourth-order valence-electron chi connectivity index (χ4n) is 2.02. The lowest BCUT2D eigenvalue weighted by Gasteiger charge is -2.26. The Morgan fingerprint density at radius 1 is 1.11 bits per heavy atom. The minimum Gasteiger partial charge on any atom is -0.379 e. The quantitative estimate of drug-likeness (QED) is 0.811. The lowest BCUT2D eigenvalue weighted by Crippen LogP contribution is -2.35. The zero-order valence-electron chi connectivity index (χ0n) is 11.4. The first-order chi connectivity index (χ1) is 8.74. The molecule has 2 rings (SSSR count). The van der Waals surface area contributed by atoms with Gasteiger partial charge in [-0.1, -0.05) is 38.1 Å². The van der Waals surface area contributed by atoms with Crippen molar-refractivity contribution in [3.63, 3.8) is 0 Å². The minimum absolute atomic E-state index is 0.707. The molecule has 0 unspecified atom stereocenters. The third-order valence-corrected chi connectivity index (χ3v) is 4.28. The number of thioether (sulfide) groups is 1. The summed E-state index contributed by atoms with van der Waals surface area (Å²) in [6.45, 7) is 9.43. The summed E-state index contributed by atoms with van der Waals surface area (Å²) >= 11 is 2.00. The van der Waals surface area contributed by atoms with E-state index in [9.17, 15) is 0 Å². The van der Waals surface area contributed by atoms with Gasteiger partial charge in [-0.15, -0.1) is 0 Å². The molecule has 18 heavy (non-hydrogen) atoms. The smallest absolute Gasteiger partial charge is 0.0594 e. The summed E-state index contributed by atoms with van der Waals surface area (Å²) in [5.74, 6) is 1.12. The fraction of sp³-hybridized carbons (Fsp3) is 0.600. The van der Waals surface area contributed by atoms with Crippen molar-refractivity contribution in [3.8, 4) is 0 Å². The number of hydrogen-bond acceptors (Lipinski definition) is 3. The second-order valence-electron chi connectivity index (χ2n) is 5.06. The maximum Gasteiger partial charge on any atom is 0.0594 e. The van der Waals surface area contributed by atoms with Gasteiger partial charge >= 0.3 is 0 Å². The molecule has 0 aromatic heterocycles. The van der Waals surface area contributed by atoms with E-state index in [1.54, 1.807) is 0 Å². The standard InChI is InChI=1S/C15H23NOS/c1-13(2)18-12-15-5-3-14(4-6-15)11-16-7-9-17-10-8-16/h3-6,13H,7-12H2,1-2H3. The molecule has 1 saturated heterocycles. The molecule has 1 aliphatic heterocycles. The third kappa shape index (κ3) is 4.63. The van der Waals surface area contributed by atoms with Gasteiger partial charge in [-0.2, -0.15) is 11.8 Å². The predicted molar refractivity (Wildman–Crippen MR) is 79.0 cm³/mol. The molecule has 1 aliphatic rings. The molecule has 0 amide bonds. The van der Waals surface area contributed by atoms with Gasteiger partial charge in [-0.25, -0.2) is 0 Å². The predicted octanol–water partition coefficient (Wildman–Crippen LogP) is 3.16. The van der Waals surface area contributed by atoms with Crippen molar-refractivity contribution >= 4 is 11.8 Å². The van der Waals surface area contributed by atoms with Crippen LogP contribution in [-0.2, 0) is 17.0 Å². The SMILES string of the molecule is CC(C)SCc1ccc(CN2CCOCC2)cc1. The first-order valence-corrected chi connectivity index (χ1v) is 7.78. The molecular formula is C15H23NOS. The number of rotatable bonds is 5. The highest BCUT2D eigenvalue weighted by molar-refractivity contribution is 7.99. The molecule has 100 valence electrons. The van der Waals surface area contributed by atoms with E-state index in [2.05, 4.69) is 43.0 Å². The van der Waals surface area contributed by atoms with Gasteiger partial charge in [0.05, 0.1) is 13.2 Å². The molecular weight excluding hydrogens is 242 g/mol. The normalized spacial score (nSPS) is 17.3. The van der Waals surface area contributed by atoms with Gasteiger partial charge in [0.15, 0.2) is 0 Å². The van der Waals surface area contributed by atoms with E-state index in [4.69, 9.17) is 4.74 Å². The van der Waals surface area contributed by atoms with Crippen LogP contribution in [0, 0.1) is 0 Å². The van der Waals surface area contributed by atoms with Crippen LogP contribution in [-0.4, -0.2) is 36.5 Å². The summed E-state index contributed by atoms with van der Waals surface area (Å²) in [5.41, 5.74) is 2.84. The highest BCUT2D eigenvalue weighted by atomic mass is 32.2. The summed E-state index contributed by atoms with van der Waals surface area (Å²) in [6.07, 6.45) is 0. The van der Waals surface area contributed by atoms with Crippen molar-refractivity contribution < 1.29 is 4.74 Å². The lowest BCUT2D eigenvalue weighted by molar-refractivity contribution is 0.0342. The molecule has 2 nitrogen and oxygen atoms in total. The van der Waals surface area contributed by atoms with E-state index in [0.717, 1.165) is 38.6 Å². The number of benzene rings is 1. The Hall–Kier alpha value is -0.510. The molecule has 1 fully saturated rings. The Balaban J connectivity index is 1.83. The average Bonchev–Trinajstić information content (AvgIpc) is 2.39. The van der Waals surface area contributed by atoms with E-state index in [1.165, 1.54) is 11.1 Å². The molecule has 1 aromatic carbocycles. The van der Waals surface area contributed by atoms with Gasteiger partial charge < -0.3 is 4.74 Å². The lowest BCUT2D eigenvalue weighted by atomic mass is 10.1. The van der Waals surface area contributed by atoms with E-state index >= 15 is 0 Å². The van der Waals surface area contributed by atoms with E-state index in [1.807, 2.05) is 11.8 Å². The molecule has 1 heterocycles. The Morgan fingerprint density at radius 2 is 1.72 bits per heavy atom. The van der Waals surface area contributed by atoms with Gasteiger partial charge in [-0.05, 0) is 16.4 Å². The largest absolute Gasteiger partial charge is 0.379 e. The Kier molecular flexibility index (Phi) is 5.54. The second-order valence-corrected chi connectivity index (χ2v) is 6.63. The Labute approximate surface area is 115 Å². The van der Waals surface area contributed by atoms with Crippen molar-refractivity contribution in [3.05, 3.63) is 35.4 Å². The van der Waals surface area contributed by atoms with E-state index in [0.29, 0.717) is 5.25 Å². The molecule has 1 aromatic rings. The van der Waals surface area contributed by atoms with Crippen molar-refractivity contribution in [1.29, 1.82) is 0 Å². The zero-order chi connectivity index (χ0) is 12.8. The van der Waals surface area contributed by atoms with Gasteiger partial charge in [0.25, 0.3) is 0 Å². The first kappa shape index (κ1) is 13.9. The number of morpholine rings is 1. The highest BCUT2D eigenvalue weighted by Crippen LogP contribution is 2.18. The van der Waals surface area contributed by atoms with Crippen LogP contribution in [0.15, 0.2) is 24.3 Å². The maximum absolute atomic E-state index is 5.37. The molecule has 0 spiro atoms. The zero-order valence-corrected chi connectivity index (χ0v) is 12.2. The van der Waals surface area contributed by atoms with Crippen LogP contribution in [0.5, 0.6) is 0 Å². The van der Waals surface area contributed by atoms with Crippen molar-refractivity contribution in [2.45, 2.75) is 31.4 Å². The number of hydrogen-bond donors (Lipinski definition) is 0. The molecule has 0 atom stereocenters. The summed E-state index contributed by atoms with van der Waals surface area (Å²) in [5, 5.41) is 0.707. The van der Waals surface area contributed by atoms with Crippen LogP contribution < -0.4 is 0 Å². The van der Waals surface area contributed by atoms with E-state index < -0.39 is 0 Å². The van der Waals surface area contributed by atoms with Gasteiger partial charge in [0.2, 0.25) is 0 Å². The van der Waals surface area contributed by atoms with Gasteiger partial charge in [0, 0.05) is 25.4 Å². The molecule has 0 saturated carbocycles.